The van der Waals surface area contributed by atoms with Crippen LogP contribution in [0, 0.1) is 28.8 Å². The van der Waals surface area contributed by atoms with Gasteiger partial charge in [-0.3, -0.25) is 28.8 Å². The Balaban J connectivity index is 1.32. The number of sulfonamides is 1. The van der Waals surface area contributed by atoms with Gasteiger partial charge in [0.15, 0.2) is 34.6 Å². The van der Waals surface area contributed by atoms with Crippen LogP contribution in [0.4, 0.5) is 13.2 Å². The predicted octanol–water partition coefficient (Wildman–Crippen LogP) is 5.79. The quantitative estimate of drug-likeness (QED) is 0.0276. The summed E-state index contributed by atoms with van der Waals surface area (Å²) in [5.41, 5.74) is -0.422. The number of halogens is 3. The Labute approximate surface area is 405 Å². The number of nitriles is 1. The summed E-state index contributed by atoms with van der Waals surface area (Å²) in [7, 11) is -9.72. The molecule has 0 saturated heterocycles. The van der Waals surface area contributed by atoms with Crippen molar-refractivity contribution in [2.24, 2.45) is 0 Å². The molecule has 0 fully saturated rings. The second-order valence-corrected chi connectivity index (χ2v) is 19.3. The molecule has 4 N–H and O–H groups in total. The molecular formula is C44H40F3N4O17PS2. The molecule has 71 heavy (non-hydrogen) atoms. The van der Waals surface area contributed by atoms with Gasteiger partial charge < -0.3 is 48.5 Å². The Kier molecular flexibility index (Phi) is 18.3. The van der Waals surface area contributed by atoms with Crippen molar-refractivity contribution < 1.29 is 92.8 Å². The zero-order chi connectivity index (χ0) is 52.2. The van der Waals surface area contributed by atoms with Gasteiger partial charge in [0.05, 0.1) is 23.5 Å². The van der Waals surface area contributed by atoms with Gasteiger partial charge in [0.2, 0.25) is 11.5 Å². The number of benzene rings is 4. The van der Waals surface area contributed by atoms with E-state index in [1.165, 1.54) is 24.3 Å². The number of ether oxygens (including phenoxy) is 6. The third kappa shape index (κ3) is 15.0. The van der Waals surface area contributed by atoms with Gasteiger partial charge in [-0.25, -0.2) is 26.2 Å². The topological polar surface area (TPSA) is 298 Å². The first kappa shape index (κ1) is 54.4. The van der Waals surface area contributed by atoms with Crippen molar-refractivity contribution in [3.8, 4) is 46.3 Å². The molecule has 0 saturated carbocycles. The molecule has 1 aromatic heterocycles. The van der Waals surface area contributed by atoms with Gasteiger partial charge in [-0.05, 0) is 67.4 Å². The zero-order valence-corrected chi connectivity index (χ0v) is 40.1. The SMILES string of the molecule is CC(=O)Oc1ccc(C(=O)NCCCOc2c(OCCCNC(=O)c3ccc(OC(C)=O)c(OC(C)=O)c3)c(F)c3sc(S(=O)(=O)NCP(=O)(O)Oc4ccc(C#N)c(F)c4)cc3c2F)cc1OC(C)=O. The molecule has 0 aliphatic carbocycles. The minimum Gasteiger partial charge on any atom is -0.487 e. The van der Waals surface area contributed by atoms with Gasteiger partial charge in [0.1, 0.15) is 28.1 Å². The van der Waals surface area contributed by atoms with Gasteiger partial charge in [-0.15, -0.1) is 11.3 Å². The van der Waals surface area contributed by atoms with Crippen LogP contribution in [0.15, 0.2) is 64.9 Å². The van der Waals surface area contributed by atoms with E-state index in [0.717, 1.165) is 58.0 Å². The van der Waals surface area contributed by atoms with Crippen molar-refractivity contribution in [2.45, 2.75) is 44.7 Å². The van der Waals surface area contributed by atoms with Crippen LogP contribution >= 0.6 is 18.9 Å². The third-order valence-corrected chi connectivity index (χ3v) is 13.2. The normalized spacial score (nSPS) is 11.9. The first-order valence-corrected chi connectivity index (χ1v) is 24.5. The standard InChI is InChI=1S/C44H40F3N4O17PS2/c1-23(52)64-33-11-8-27(17-35(33)66-25(3)54)43(56)49-13-5-15-62-40-38(46)31-20-37(71(60,61)51-22-69(58,59)68-30-10-7-29(21-48)32(45)19-30)70-42(31)39(47)41(40)63-16-6-14-50-44(57)28-9-12-34(65-24(2)53)36(18-28)67-26(4)55/h7-12,17-20,51H,5-6,13-16,22H2,1-4H3,(H,49,56)(H,50,57)(H,58,59). The van der Waals surface area contributed by atoms with E-state index in [9.17, 15) is 51.0 Å². The van der Waals surface area contributed by atoms with Gasteiger partial charge in [-0.1, -0.05) is 0 Å². The van der Waals surface area contributed by atoms with Crippen molar-refractivity contribution >= 4 is 74.7 Å². The lowest BCUT2D eigenvalue weighted by atomic mass is 10.2. The number of carbonyl (C=O) groups is 6. The molecule has 0 aliphatic heterocycles. The number of nitrogens with one attached hydrogen (secondary N) is 3. The van der Waals surface area contributed by atoms with E-state index in [1.807, 2.05) is 4.72 Å². The molecule has 27 heteroatoms. The Morgan fingerprint density at radius 3 is 1.63 bits per heavy atom. The van der Waals surface area contributed by atoms with E-state index < -0.39 is 127 Å². The third-order valence-electron chi connectivity index (χ3n) is 8.91. The summed E-state index contributed by atoms with van der Waals surface area (Å²) < 4.78 is 123. The van der Waals surface area contributed by atoms with Crippen molar-refractivity contribution in [1.82, 2.24) is 15.4 Å². The fourth-order valence-electron chi connectivity index (χ4n) is 5.93. The molecule has 0 bridgehead atoms. The van der Waals surface area contributed by atoms with Crippen LogP contribution in [0.1, 0.15) is 66.8 Å². The molecule has 4 aromatic carbocycles. The fraction of sp³-hybridized carbons (Fsp3) is 0.250. The van der Waals surface area contributed by atoms with Gasteiger partial charge in [0, 0.05) is 63.4 Å². The largest absolute Gasteiger partial charge is 0.487 e. The molecule has 21 nitrogen and oxygen atoms in total. The van der Waals surface area contributed by atoms with Crippen molar-refractivity contribution in [2.75, 3.05) is 32.6 Å². The smallest absolute Gasteiger partial charge is 0.391 e. The van der Waals surface area contributed by atoms with E-state index in [0.29, 0.717) is 6.07 Å². The van der Waals surface area contributed by atoms with Crippen LogP contribution in [-0.4, -0.2) is 81.6 Å². The summed E-state index contributed by atoms with van der Waals surface area (Å²) >= 11 is 0.214. The lowest BCUT2D eigenvalue weighted by molar-refractivity contribution is -0.134. The number of fused-ring (bicyclic) bond motifs is 1. The van der Waals surface area contributed by atoms with E-state index in [2.05, 4.69) is 10.6 Å². The highest BCUT2D eigenvalue weighted by Gasteiger charge is 2.31. The minimum absolute atomic E-state index is 0.0126. The highest BCUT2D eigenvalue weighted by molar-refractivity contribution is 7.92. The Hall–Kier alpha value is -7.56. The van der Waals surface area contributed by atoms with Crippen LogP contribution in [0.2, 0.25) is 0 Å². The number of esters is 4. The molecule has 5 aromatic rings. The van der Waals surface area contributed by atoms with E-state index in [-0.39, 0.29) is 71.4 Å². The van der Waals surface area contributed by atoms with Crippen LogP contribution in [0.3, 0.4) is 0 Å². The van der Waals surface area contributed by atoms with E-state index in [1.54, 1.807) is 6.07 Å². The van der Waals surface area contributed by atoms with Crippen molar-refractivity contribution in [3.63, 3.8) is 0 Å². The molecule has 2 amide bonds. The average molecular weight is 1050 g/mol. The maximum Gasteiger partial charge on any atom is 0.391 e. The molecule has 376 valence electrons. The molecule has 0 spiro atoms. The molecule has 0 aliphatic rings. The number of rotatable bonds is 22. The number of thiophene rings is 1. The van der Waals surface area contributed by atoms with Gasteiger partial charge in [-0.2, -0.15) is 9.98 Å². The Morgan fingerprint density at radius 2 is 1.17 bits per heavy atom. The maximum atomic E-state index is 16.4. The summed E-state index contributed by atoms with van der Waals surface area (Å²) in [4.78, 5) is 82.4. The molecule has 1 atom stereocenters. The Morgan fingerprint density at radius 1 is 0.690 bits per heavy atom. The lowest BCUT2D eigenvalue weighted by Gasteiger charge is -2.16. The molecule has 5 rings (SSSR count). The number of nitrogens with zero attached hydrogens (tertiary/aromatic N) is 1. The van der Waals surface area contributed by atoms with Crippen LogP contribution < -0.4 is 48.3 Å². The lowest BCUT2D eigenvalue weighted by Crippen LogP contribution is -2.26. The maximum absolute atomic E-state index is 16.4. The first-order valence-electron chi connectivity index (χ1n) is 20.5. The summed E-state index contributed by atoms with van der Waals surface area (Å²) in [5, 5.41) is 13.4. The van der Waals surface area contributed by atoms with Crippen molar-refractivity contribution in [1.29, 1.82) is 5.26 Å². The second-order valence-electron chi connectivity index (χ2n) is 14.5. The minimum atomic E-state index is -4.90. The molecule has 0 radical (unpaired) electrons. The molecular weight excluding hydrogens is 1010 g/mol. The van der Waals surface area contributed by atoms with Crippen LogP contribution in [0.5, 0.6) is 40.2 Å². The van der Waals surface area contributed by atoms with Gasteiger partial charge >= 0.3 is 31.5 Å². The molecule has 1 heterocycles. The van der Waals surface area contributed by atoms with E-state index >= 15 is 8.78 Å². The van der Waals surface area contributed by atoms with Crippen molar-refractivity contribution in [3.05, 3.63) is 94.8 Å². The number of hydrogen-bond acceptors (Lipinski definition) is 18. The zero-order valence-electron chi connectivity index (χ0n) is 37.5. The Bertz CT molecular complexity index is 2980. The number of amides is 2. The average Bonchev–Trinajstić information content (AvgIpc) is 3.76. The monoisotopic (exact) mass is 1050 g/mol. The summed E-state index contributed by atoms with van der Waals surface area (Å²) in [6, 6.07) is 12.2. The van der Waals surface area contributed by atoms with E-state index in [4.69, 9.17) is 38.2 Å². The second kappa shape index (κ2) is 23.8. The highest BCUT2D eigenvalue weighted by Crippen LogP contribution is 2.46. The fourth-order valence-corrected chi connectivity index (χ4v) is 9.87. The summed E-state index contributed by atoms with van der Waals surface area (Å²) in [5.74, 6) is -10.8. The number of hydrogen-bond donors (Lipinski definition) is 4. The number of carbonyl (C=O) groups excluding carboxylic acids is 6. The predicted molar refractivity (Wildman–Crippen MR) is 242 cm³/mol. The van der Waals surface area contributed by atoms with Crippen LogP contribution in [0.25, 0.3) is 10.1 Å². The van der Waals surface area contributed by atoms with Crippen LogP contribution in [-0.2, 0) is 33.8 Å². The summed E-state index contributed by atoms with van der Waals surface area (Å²) in [6.07, 6.45) is -1.39. The first-order chi connectivity index (χ1) is 33.5. The highest BCUT2D eigenvalue weighted by atomic mass is 32.2. The molecule has 1 unspecified atom stereocenters. The summed E-state index contributed by atoms with van der Waals surface area (Å²) in [6.45, 7) is 3.35. The van der Waals surface area contributed by atoms with Gasteiger partial charge in [0.25, 0.3) is 21.8 Å².